The van der Waals surface area contributed by atoms with Crippen LogP contribution in [-0.2, 0) is 0 Å². The summed E-state index contributed by atoms with van der Waals surface area (Å²) in [6, 6.07) is 178. The lowest BCUT2D eigenvalue weighted by Gasteiger charge is -2.11. The number of benzene rings is 26. The van der Waals surface area contributed by atoms with Gasteiger partial charge in [0.1, 0.15) is 11.2 Å². The number of rotatable bonds is 6. The molecule has 138 heavy (non-hydrogen) atoms. The number of para-hydroxylation sites is 1. The second-order valence-corrected chi connectivity index (χ2v) is 38.5. The summed E-state index contributed by atoms with van der Waals surface area (Å²) in [6.45, 7) is 0. The van der Waals surface area contributed by atoms with Gasteiger partial charge in [0.25, 0.3) is 0 Å². The van der Waals surface area contributed by atoms with E-state index >= 15 is 0 Å². The van der Waals surface area contributed by atoms with Crippen LogP contribution in [0.4, 0.5) is 0 Å². The largest absolute Gasteiger partial charge is 0.456 e. The molecule has 2 aromatic heterocycles. The highest BCUT2D eigenvalue weighted by atomic mass is 32.1. The first kappa shape index (κ1) is 77.9. The Morgan fingerprint density at radius 2 is 0.413 bits per heavy atom. The Morgan fingerprint density at radius 1 is 0.116 bits per heavy atom. The van der Waals surface area contributed by atoms with Gasteiger partial charge in [-0.2, -0.15) is 0 Å². The standard InChI is InChI=1S/C42H24S.C38H22O.C30H18.C26H16/c1-2-10-30-25(7-1)15-18-32-35-13-6-12-34-31-19-16-28(22-36(31)39(42(34)35)24-37(30)32)26-8-5-9-27(21-26)29-17-20-41-38(23-29)33-11-3-4-14-40(33)43-41;1-2-10-28-27(7-1)22-35-33-20-25(15-17-29(33)32-13-6-12-31(28)38(32)35)23-8-5-9-24(19-23)26-16-18-37-34(21-26)30-11-3-4-14-36(30)39-37;1-2-7-19(8-3-1)21-14-16-23-25-11-6-12-26-24-15-13-20-9-4-5-10-22(20)28(24)18-29(30(25)26)27(23)17-21;1-2-7-17(8-3-1)18-13-14-21-23-12-6-11-22-20-10-5-4-9-19(20)16-25(26(22)23)24(21)15-18/h1-24H;1-22H;1-18H;1-16H. The average molecular weight is 1760 g/mol. The molecule has 0 radical (unpaired) electrons. The van der Waals surface area contributed by atoms with Crippen LogP contribution < -0.4 is 0 Å². The third-order valence-corrected chi connectivity index (χ3v) is 31.1. The molecular formula is C136H80OS. The van der Waals surface area contributed by atoms with Crippen LogP contribution in [0.25, 0.3) is 306 Å². The molecule has 0 amide bonds. The van der Waals surface area contributed by atoms with Gasteiger partial charge in [0.15, 0.2) is 0 Å². The highest BCUT2D eigenvalue weighted by Crippen LogP contribution is 2.57. The van der Waals surface area contributed by atoms with Gasteiger partial charge < -0.3 is 4.42 Å². The molecule has 0 saturated heterocycles. The van der Waals surface area contributed by atoms with Crippen molar-refractivity contribution in [2.75, 3.05) is 0 Å². The van der Waals surface area contributed by atoms with Crippen LogP contribution in [0, 0.1) is 0 Å². The van der Waals surface area contributed by atoms with E-state index in [1.807, 2.05) is 23.5 Å². The van der Waals surface area contributed by atoms with Crippen molar-refractivity contribution >= 4 is 161 Å². The molecule has 2 heteroatoms. The van der Waals surface area contributed by atoms with E-state index in [9.17, 15) is 0 Å². The summed E-state index contributed by atoms with van der Waals surface area (Å²) in [5.41, 5.74) is 38.3. The van der Waals surface area contributed by atoms with Gasteiger partial charge in [0, 0.05) is 30.9 Å². The van der Waals surface area contributed by atoms with E-state index in [1.165, 1.54) is 284 Å². The fourth-order valence-electron chi connectivity index (χ4n) is 23.6. The Morgan fingerprint density at radius 3 is 0.862 bits per heavy atom. The molecule has 4 aliphatic rings. The predicted molar refractivity (Wildman–Crippen MR) is 591 cm³/mol. The second kappa shape index (κ2) is 31.0. The molecule has 32 rings (SSSR count). The number of furan rings is 1. The molecular weight excluding hydrogens is 1680 g/mol. The van der Waals surface area contributed by atoms with E-state index in [1.54, 1.807) is 0 Å². The van der Waals surface area contributed by atoms with Crippen molar-refractivity contribution in [2.24, 2.45) is 0 Å². The maximum absolute atomic E-state index is 6.06. The minimum atomic E-state index is 0.927. The van der Waals surface area contributed by atoms with Gasteiger partial charge in [-0.3, -0.25) is 0 Å². The molecule has 0 bridgehead atoms. The SMILES string of the molecule is c1cc(-c2ccc3c(c2)-c2cc4c5ccccc5ccc4c4cccc-3c24)cc(-c2ccc3sc4ccccc4c3c2)c1.c1cc(-c2ccc3c(c2)-c2cc4ccccc4c4cccc-3c24)cc(-c2ccc3oc4ccccc4c3c2)c1.c1ccc(-c2ccc3c(c2)-c2cc4c5ccccc5ccc4c4cccc-3c24)cc1.c1ccc(-c2ccc3c(c2)-c2cc4ccccc4c4cccc-3c24)cc1. The van der Waals surface area contributed by atoms with E-state index < -0.39 is 0 Å². The molecule has 26 aromatic carbocycles. The Labute approximate surface area is 800 Å². The first-order chi connectivity index (χ1) is 68.4. The average Bonchev–Trinajstić information content (AvgIpc) is 1.56. The van der Waals surface area contributed by atoms with Crippen LogP contribution in [0.15, 0.2) is 490 Å². The Balaban J connectivity index is 0.0000000903. The number of thiophene rings is 1. The zero-order valence-corrected chi connectivity index (χ0v) is 75.8. The lowest BCUT2D eigenvalue weighted by atomic mass is 9.92. The Kier molecular flexibility index (Phi) is 17.5. The molecule has 2 heterocycles. The maximum atomic E-state index is 6.06. The van der Waals surface area contributed by atoms with Crippen LogP contribution in [0.1, 0.15) is 0 Å². The Bertz CT molecular complexity index is 10100. The highest BCUT2D eigenvalue weighted by Gasteiger charge is 2.30. The zero-order chi connectivity index (χ0) is 90.3. The van der Waals surface area contributed by atoms with Gasteiger partial charge in [-0.05, 0) is 361 Å². The summed E-state index contributed by atoms with van der Waals surface area (Å²) in [4.78, 5) is 0. The zero-order valence-electron chi connectivity index (χ0n) is 75.0. The van der Waals surface area contributed by atoms with Crippen LogP contribution in [0.3, 0.4) is 0 Å². The van der Waals surface area contributed by atoms with Crippen molar-refractivity contribution in [1.29, 1.82) is 0 Å². The van der Waals surface area contributed by atoms with Crippen molar-refractivity contribution < 1.29 is 4.42 Å². The first-order valence-electron chi connectivity index (χ1n) is 47.8. The molecule has 0 saturated carbocycles. The van der Waals surface area contributed by atoms with Crippen molar-refractivity contribution in [3.8, 4) is 156 Å². The van der Waals surface area contributed by atoms with Gasteiger partial charge in [-0.15, -0.1) is 11.3 Å². The fraction of sp³-hybridized carbons (Fsp3) is 0. The first-order valence-corrected chi connectivity index (χ1v) is 48.6. The van der Waals surface area contributed by atoms with Crippen molar-refractivity contribution in [3.05, 3.63) is 485 Å². The molecule has 0 N–H and O–H groups in total. The van der Waals surface area contributed by atoms with Gasteiger partial charge >= 0.3 is 0 Å². The fourth-order valence-corrected chi connectivity index (χ4v) is 24.7. The van der Waals surface area contributed by atoms with Gasteiger partial charge in [-0.25, -0.2) is 0 Å². The van der Waals surface area contributed by atoms with Crippen LogP contribution in [0.5, 0.6) is 0 Å². The smallest absolute Gasteiger partial charge is 0.135 e. The lowest BCUT2D eigenvalue weighted by Crippen LogP contribution is -1.84. The van der Waals surface area contributed by atoms with E-state index in [4.69, 9.17) is 4.42 Å². The summed E-state index contributed by atoms with van der Waals surface area (Å²) < 4.78 is 8.74. The van der Waals surface area contributed by atoms with Crippen molar-refractivity contribution in [1.82, 2.24) is 0 Å². The second-order valence-electron chi connectivity index (χ2n) is 37.4. The summed E-state index contributed by atoms with van der Waals surface area (Å²) in [5, 5.41) is 31.7. The minimum absolute atomic E-state index is 0.927. The third-order valence-electron chi connectivity index (χ3n) is 30.0. The molecule has 1 nitrogen and oxygen atoms in total. The van der Waals surface area contributed by atoms with E-state index in [2.05, 4.69) is 473 Å². The topological polar surface area (TPSA) is 13.1 Å². The minimum Gasteiger partial charge on any atom is -0.456 e. The summed E-state index contributed by atoms with van der Waals surface area (Å²) in [5.74, 6) is 0. The summed E-state index contributed by atoms with van der Waals surface area (Å²) >= 11 is 1.87. The number of fused-ring (bicyclic) bond motifs is 30. The van der Waals surface area contributed by atoms with Crippen LogP contribution >= 0.6 is 11.3 Å². The van der Waals surface area contributed by atoms with Crippen molar-refractivity contribution in [2.45, 2.75) is 0 Å². The van der Waals surface area contributed by atoms with Gasteiger partial charge in [0.2, 0.25) is 0 Å². The molecule has 0 fully saturated rings. The molecule has 28 aromatic rings. The van der Waals surface area contributed by atoms with Crippen molar-refractivity contribution in [3.63, 3.8) is 0 Å². The van der Waals surface area contributed by atoms with Crippen LogP contribution in [0.2, 0.25) is 0 Å². The normalized spacial score (nSPS) is 12.1. The van der Waals surface area contributed by atoms with Gasteiger partial charge in [0.05, 0.1) is 0 Å². The molecule has 4 aliphatic carbocycles. The summed E-state index contributed by atoms with van der Waals surface area (Å²) in [7, 11) is 0. The molecule has 0 aliphatic heterocycles. The predicted octanol–water partition coefficient (Wildman–Crippen LogP) is 39.1. The third kappa shape index (κ3) is 12.3. The number of hydrogen-bond donors (Lipinski definition) is 0. The van der Waals surface area contributed by atoms with E-state index in [0.717, 1.165) is 21.9 Å². The van der Waals surface area contributed by atoms with Gasteiger partial charge in [-0.1, -0.05) is 388 Å². The lowest BCUT2D eigenvalue weighted by molar-refractivity contribution is 0.669. The number of hydrogen-bond acceptors (Lipinski definition) is 2. The molecule has 636 valence electrons. The van der Waals surface area contributed by atoms with E-state index in [0.29, 0.717) is 0 Å². The monoisotopic (exact) mass is 1760 g/mol. The molecule has 0 unspecified atom stereocenters. The Hall–Kier alpha value is -17.7. The molecule has 0 atom stereocenters. The van der Waals surface area contributed by atoms with E-state index in [-0.39, 0.29) is 0 Å². The highest BCUT2D eigenvalue weighted by molar-refractivity contribution is 7.25. The maximum Gasteiger partial charge on any atom is 0.135 e. The van der Waals surface area contributed by atoms with Crippen LogP contribution in [-0.4, -0.2) is 0 Å². The quantitative estimate of drug-likeness (QED) is 0.151. The molecule has 0 spiro atoms. The summed E-state index contributed by atoms with van der Waals surface area (Å²) in [6.07, 6.45) is 0.